The highest BCUT2D eigenvalue weighted by atomic mass is 35.5. The summed E-state index contributed by atoms with van der Waals surface area (Å²) in [6.07, 6.45) is 2.94. The molecule has 32 heavy (non-hydrogen) atoms. The van der Waals surface area contributed by atoms with Crippen molar-refractivity contribution in [2.24, 2.45) is 0 Å². The summed E-state index contributed by atoms with van der Waals surface area (Å²) < 4.78 is 26.8. The number of pyridine rings is 2. The molecule has 0 amide bonds. The standard InChI is InChI=1S/C21H22ClFN4O4S/c1-11(28)19-20(30-2)17(18(29)21(31-19)32-14-6-13(22)8-24-9-14)27-10-12(7-25-27)15-4-3-5-16(23)26-15/h3-11,17-21,28-29H,1-2H3/t11?,17?,18?,19?,20-,21-/m1/s1. The van der Waals surface area contributed by atoms with Gasteiger partial charge in [-0.1, -0.05) is 29.4 Å². The Morgan fingerprint density at radius 3 is 2.81 bits per heavy atom. The van der Waals surface area contributed by atoms with Crippen molar-refractivity contribution in [3.05, 3.63) is 60.0 Å². The van der Waals surface area contributed by atoms with E-state index in [9.17, 15) is 14.6 Å². The number of aromatic nitrogens is 4. The highest BCUT2D eigenvalue weighted by Crippen LogP contribution is 2.40. The van der Waals surface area contributed by atoms with E-state index in [-0.39, 0.29) is 0 Å². The number of aliphatic hydroxyl groups is 2. The number of ether oxygens (including phenoxy) is 2. The first kappa shape index (κ1) is 23.1. The molecule has 11 heteroatoms. The molecular formula is C21H22ClFN4O4S. The van der Waals surface area contributed by atoms with Crippen LogP contribution < -0.4 is 0 Å². The van der Waals surface area contributed by atoms with Crippen LogP contribution in [0.4, 0.5) is 4.39 Å². The topological polar surface area (TPSA) is 103 Å². The summed E-state index contributed by atoms with van der Waals surface area (Å²) in [6.45, 7) is 1.60. The van der Waals surface area contributed by atoms with Gasteiger partial charge in [0.2, 0.25) is 5.95 Å². The van der Waals surface area contributed by atoms with E-state index >= 15 is 0 Å². The second kappa shape index (κ2) is 9.82. The van der Waals surface area contributed by atoms with Crippen molar-refractivity contribution in [2.45, 2.75) is 47.7 Å². The van der Waals surface area contributed by atoms with Gasteiger partial charge in [0.1, 0.15) is 29.8 Å². The molecule has 0 radical (unpaired) electrons. The second-order valence-corrected chi connectivity index (χ2v) is 9.01. The fourth-order valence-electron chi connectivity index (χ4n) is 3.72. The van der Waals surface area contributed by atoms with Gasteiger partial charge in [0.05, 0.1) is 23.0 Å². The first-order valence-electron chi connectivity index (χ1n) is 9.86. The van der Waals surface area contributed by atoms with Gasteiger partial charge in [-0.05, 0) is 25.1 Å². The Morgan fingerprint density at radius 2 is 2.12 bits per heavy atom. The summed E-state index contributed by atoms with van der Waals surface area (Å²) in [5, 5.41) is 26.4. The lowest BCUT2D eigenvalue weighted by Gasteiger charge is -2.45. The fraction of sp³-hybridized carbons (Fsp3) is 0.381. The molecule has 0 aromatic carbocycles. The summed E-state index contributed by atoms with van der Waals surface area (Å²) >= 11 is 7.27. The van der Waals surface area contributed by atoms with Crippen molar-refractivity contribution in [1.29, 1.82) is 0 Å². The minimum atomic E-state index is -1.06. The van der Waals surface area contributed by atoms with E-state index in [0.717, 1.165) is 0 Å². The number of hydrogen-bond donors (Lipinski definition) is 2. The summed E-state index contributed by atoms with van der Waals surface area (Å²) in [5.74, 6) is -0.600. The zero-order valence-corrected chi connectivity index (χ0v) is 18.8. The molecule has 3 aromatic rings. The minimum absolute atomic E-state index is 0.412. The van der Waals surface area contributed by atoms with Gasteiger partial charge >= 0.3 is 0 Å². The van der Waals surface area contributed by atoms with Crippen molar-refractivity contribution in [2.75, 3.05) is 7.11 Å². The number of rotatable bonds is 6. The highest BCUT2D eigenvalue weighted by molar-refractivity contribution is 7.99. The Labute approximate surface area is 193 Å². The van der Waals surface area contributed by atoms with Crippen LogP contribution in [0.15, 0.2) is 53.9 Å². The van der Waals surface area contributed by atoms with Crippen LogP contribution in [0.25, 0.3) is 11.3 Å². The summed E-state index contributed by atoms with van der Waals surface area (Å²) in [4.78, 5) is 8.64. The molecule has 1 saturated heterocycles. The van der Waals surface area contributed by atoms with E-state index in [1.165, 1.54) is 37.3 Å². The quantitative estimate of drug-likeness (QED) is 0.519. The van der Waals surface area contributed by atoms with Crippen molar-refractivity contribution < 1.29 is 24.1 Å². The normalized spacial score (nSPS) is 26.8. The van der Waals surface area contributed by atoms with Crippen LogP contribution in [0.3, 0.4) is 0 Å². The van der Waals surface area contributed by atoms with E-state index in [2.05, 4.69) is 15.1 Å². The predicted molar refractivity (Wildman–Crippen MR) is 117 cm³/mol. The molecule has 4 unspecified atom stereocenters. The minimum Gasteiger partial charge on any atom is -0.391 e. The number of methoxy groups -OCH3 is 1. The SMILES string of the molecule is CO[C@H]1C(C(C)O)O[C@H](Sc2cncc(Cl)c2)C(O)C1n1cc(-c2cccc(F)n2)cn1. The van der Waals surface area contributed by atoms with Crippen LogP contribution in [-0.2, 0) is 9.47 Å². The number of halogens is 2. The lowest BCUT2D eigenvalue weighted by molar-refractivity contribution is -0.202. The Bertz CT molecular complexity index is 1070. The lowest BCUT2D eigenvalue weighted by atomic mass is 9.94. The van der Waals surface area contributed by atoms with E-state index in [1.807, 2.05) is 0 Å². The Morgan fingerprint density at radius 1 is 1.31 bits per heavy atom. The van der Waals surface area contributed by atoms with Crippen molar-refractivity contribution in [3.8, 4) is 11.3 Å². The van der Waals surface area contributed by atoms with Crippen LogP contribution in [0.5, 0.6) is 0 Å². The number of aliphatic hydroxyl groups excluding tert-OH is 2. The van der Waals surface area contributed by atoms with Gasteiger partial charge in [-0.25, -0.2) is 4.98 Å². The molecule has 1 fully saturated rings. The first-order chi connectivity index (χ1) is 15.4. The maximum absolute atomic E-state index is 13.6. The van der Waals surface area contributed by atoms with Crippen LogP contribution in [0.1, 0.15) is 13.0 Å². The van der Waals surface area contributed by atoms with Crippen molar-refractivity contribution >= 4 is 23.4 Å². The van der Waals surface area contributed by atoms with Gasteiger partial charge in [-0.15, -0.1) is 0 Å². The molecule has 3 aromatic heterocycles. The van der Waals surface area contributed by atoms with Crippen LogP contribution in [0.2, 0.25) is 5.02 Å². The average molecular weight is 481 g/mol. The van der Waals surface area contributed by atoms with E-state index in [1.54, 1.807) is 42.2 Å². The Balaban J connectivity index is 1.67. The first-order valence-corrected chi connectivity index (χ1v) is 11.1. The molecule has 1 aliphatic heterocycles. The van der Waals surface area contributed by atoms with Crippen molar-refractivity contribution in [3.63, 3.8) is 0 Å². The third kappa shape index (κ3) is 4.80. The third-order valence-electron chi connectivity index (χ3n) is 5.18. The molecule has 0 saturated carbocycles. The molecule has 4 heterocycles. The molecule has 2 N–H and O–H groups in total. The molecule has 0 aliphatic carbocycles. The Kier molecular flexibility index (Phi) is 7.08. The molecule has 4 rings (SSSR count). The summed E-state index contributed by atoms with van der Waals surface area (Å²) in [6, 6.07) is 5.51. The van der Waals surface area contributed by atoms with Crippen LogP contribution >= 0.6 is 23.4 Å². The monoisotopic (exact) mass is 480 g/mol. The van der Waals surface area contributed by atoms with Gasteiger partial charge in [0.25, 0.3) is 0 Å². The molecular weight excluding hydrogens is 459 g/mol. The van der Waals surface area contributed by atoms with E-state index in [0.29, 0.717) is 21.2 Å². The van der Waals surface area contributed by atoms with Gasteiger partial charge in [0.15, 0.2) is 0 Å². The maximum Gasteiger partial charge on any atom is 0.213 e. The molecule has 6 atom stereocenters. The fourth-order valence-corrected chi connectivity index (χ4v) is 5.03. The molecule has 0 bridgehead atoms. The van der Waals surface area contributed by atoms with Gasteiger partial charge in [-0.3, -0.25) is 9.67 Å². The second-order valence-electron chi connectivity index (χ2n) is 7.40. The predicted octanol–water partition coefficient (Wildman–Crippen LogP) is 2.95. The maximum atomic E-state index is 13.6. The zero-order valence-electron chi connectivity index (χ0n) is 17.2. The largest absolute Gasteiger partial charge is 0.391 e. The van der Waals surface area contributed by atoms with E-state index in [4.69, 9.17) is 21.1 Å². The smallest absolute Gasteiger partial charge is 0.213 e. The highest BCUT2D eigenvalue weighted by Gasteiger charge is 2.49. The zero-order chi connectivity index (χ0) is 22.8. The van der Waals surface area contributed by atoms with Crippen LogP contribution in [0, 0.1) is 5.95 Å². The average Bonchev–Trinajstić information content (AvgIpc) is 3.24. The third-order valence-corrected chi connectivity index (χ3v) is 6.50. The Hall–Kier alpha value is -2.08. The molecule has 170 valence electrons. The summed E-state index contributed by atoms with van der Waals surface area (Å²) in [7, 11) is 1.48. The van der Waals surface area contributed by atoms with Gasteiger partial charge < -0.3 is 19.7 Å². The van der Waals surface area contributed by atoms with Gasteiger partial charge in [0, 0.05) is 36.2 Å². The summed E-state index contributed by atoms with van der Waals surface area (Å²) in [5.41, 5.74) is 0.232. The molecule has 1 aliphatic rings. The number of thioether (sulfide) groups is 1. The van der Waals surface area contributed by atoms with Gasteiger partial charge in [-0.2, -0.15) is 9.49 Å². The van der Waals surface area contributed by atoms with Crippen molar-refractivity contribution in [1.82, 2.24) is 19.7 Å². The lowest BCUT2D eigenvalue weighted by Crippen LogP contribution is -2.57. The number of nitrogens with zero attached hydrogens (tertiary/aromatic N) is 4. The molecule has 8 nitrogen and oxygen atoms in total. The van der Waals surface area contributed by atoms with Crippen LogP contribution in [-0.4, -0.2) is 66.9 Å². The number of hydrogen-bond acceptors (Lipinski definition) is 8. The van der Waals surface area contributed by atoms with E-state index < -0.39 is 41.8 Å². The molecule has 0 spiro atoms.